The van der Waals surface area contributed by atoms with Gasteiger partial charge in [0.25, 0.3) is 0 Å². The first-order chi connectivity index (χ1) is 15.1. The summed E-state index contributed by atoms with van der Waals surface area (Å²) >= 11 is 0. The Morgan fingerprint density at radius 3 is 1.56 bits per heavy atom. The third kappa shape index (κ3) is 4.62. The SMILES string of the molecule is COC(=O)c1ccc(C[P+](c2ccccc2)(c2ccccc2)c2ccccc2)cc1O.[Br-]. The van der Waals surface area contributed by atoms with Crippen LogP contribution in [0, 0.1) is 0 Å². The molecule has 0 aliphatic heterocycles. The number of methoxy groups -OCH3 is 1. The zero-order chi connectivity index (χ0) is 21.7. The molecule has 0 aliphatic rings. The van der Waals surface area contributed by atoms with Gasteiger partial charge in [-0.25, -0.2) is 4.79 Å². The summed E-state index contributed by atoms with van der Waals surface area (Å²) in [5.41, 5.74) is 1.14. The van der Waals surface area contributed by atoms with Gasteiger partial charge in [-0.2, -0.15) is 0 Å². The van der Waals surface area contributed by atoms with E-state index < -0.39 is 13.2 Å². The van der Waals surface area contributed by atoms with E-state index in [-0.39, 0.29) is 28.3 Å². The van der Waals surface area contributed by atoms with Gasteiger partial charge in [-0.3, -0.25) is 0 Å². The van der Waals surface area contributed by atoms with Crippen LogP contribution in [0.3, 0.4) is 0 Å². The van der Waals surface area contributed by atoms with Gasteiger partial charge in [0.2, 0.25) is 0 Å². The van der Waals surface area contributed by atoms with Crippen molar-refractivity contribution >= 4 is 29.1 Å². The lowest BCUT2D eigenvalue weighted by Gasteiger charge is -2.28. The molecule has 3 nitrogen and oxygen atoms in total. The largest absolute Gasteiger partial charge is 1.00 e. The fourth-order valence-corrected chi connectivity index (χ4v) is 8.23. The normalized spacial score (nSPS) is 10.8. The van der Waals surface area contributed by atoms with Crippen molar-refractivity contribution < 1.29 is 31.6 Å². The Morgan fingerprint density at radius 2 is 1.19 bits per heavy atom. The first-order valence-electron chi connectivity index (χ1n) is 10.1. The Labute approximate surface area is 199 Å². The van der Waals surface area contributed by atoms with Crippen molar-refractivity contribution in [1.29, 1.82) is 0 Å². The first-order valence-corrected chi connectivity index (χ1v) is 12.1. The zero-order valence-corrected chi connectivity index (χ0v) is 20.2. The highest BCUT2D eigenvalue weighted by Gasteiger charge is 2.45. The van der Waals surface area contributed by atoms with E-state index in [1.807, 2.05) is 24.3 Å². The maximum Gasteiger partial charge on any atom is 0.341 e. The number of phenolic OH excluding ortho intramolecular Hbond substituents is 1. The van der Waals surface area contributed by atoms with Crippen molar-refractivity contribution in [2.24, 2.45) is 0 Å². The predicted molar refractivity (Wildman–Crippen MR) is 128 cm³/mol. The highest BCUT2D eigenvalue weighted by Crippen LogP contribution is 2.58. The standard InChI is InChI=1S/C27H23O3P.BrH/c1-30-27(29)25-18-17-21(19-26(25)28)20-31(22-11-5-2-6-12-22,23-13-7-3-8-14-23)24-15-9-4-10-16-24;/h2-19H,20H2,1H3;1H. The van der Waals surface area contributed by atoms with E-state index in [4.69, 9.17) is 4.74 Å². The highest BCUT2D eigenvalue weighted by molar-refractivity contribution is 7.95. The number of carbonyl (C=O) groups is 1. The molecule has 162 valence electrons. The smallest absolute Gasteiger partial charge is 0.341 e. The first kappa shape index (κ1) is 23.7. The molecule has 0 amide bonds. The van der Waals surface area contributed by atoms with Crippen LogP contribution in [0.15, 0.2) is 109 Å². The molecule has 1 N–H and O–H groups in total. The minimum Gasteiger partial charge on any atom is -1.00 e. The van der Waals surface area contributed by atoms with Gasteiger partial charge in [-0.1, -0.05) is 60.7 Å². The number of hydrogen-bond donors (Lipinski definition) is 1. The maximum atomic E-state index is 11.9. The lowest BCUT2D eigenvalue weighted by Crippen LogP contribution is -3.00. The van der Waals surface area contributed by atoms with Crippen molar-refractivity contribution in [3.63, 3.8) is 0 Å². The van der Waals surface area contributed by atoms with Crippen molar-refractivity contribution in [3.05, 3.63) is 120 Å². The molecule has 0 atom stereocenters. The molecular weight excluding hydrogens is 483 g/mol. The molecule has 0 fully saturated rings. The van der Waals surface area contributed by atoms with Crippen LogP contribution in [-0.4, -0.2) is 18.2 Å². The average molecular weight is 507 g/mol. The summed E-state index contributed by atoms with van der Waals surface area (Å²) < 4.78 is 4.77. The molecular formula is C27H24BrO3P. The van der Waals surface area contributed by atoms with Gasteiger partial charge in [0.1, 0.15) is 34.5 Å². The number of phenols is 1. The van der Waals surface area contributed by atoms with Gasteiger partial charge in [-0.05, 0) is 54.1 Å². The van der Waals surface area contributed by atoms with E-state index in [1.165, 1.54) is 23.0 Å². The number of carbonyl (C=O) groups excluding carboxylic acids is 1. The minimum atomic E-state index is -2.07. The lowest BCUT2D eigenvalue weighted by molar-refractivity contribution is -0.0000225. The summed E-state index contributed by atoms with van der Waals surface area (Å²) in [5, 5.41) is 14.3. The van der Waals surface area contributed by atoms with Crippen LogP contribution in [0.25, 0.3) is 0 Å². The van der Waals surface area contributed by atoms with E-state index in [2.05, 4.69) is 72.8 Å². The van der Waals surface area contributed by atoms with E-state index in [1.54, 1.807) is 12.1 Å². The van der Waals surface area contributed by atoms with E-state index in [0.717, 1.165) is 11.7 Å². The second-order valence-corrected chi connectivity index (χ2v) is 10.8. The third-order valence-electron chi connectivity index (χ3n) is 5.48. The van der Waals surface area contributed by atoms with Crippen molar-refractivity contribution in [2.75, 3.05) is 7.11 Å². The molecule has 0 aliphatic carbocycles. The summed E-state index contributed by atoms with van der Waals surface area (Å²) in [6.45, 7) is 0. The number of esters is 1. The molecule has 0 saturated heterocycles. The van der Waals surface area contributed by atoms with E-state index in [9.17, 15) is 9.90 Å². The number of benzene rings is 4. The Balaban J connectivity index is 0.00000289. The van der Waals surface area contributed by atoms with Gasteiger partial charge in [-0.15, -0.1) is 0 Å². The molecule has 0 unspecified atom stereocenters. The predicted octanol–water partition coefficient (Wildman–Crippen LogP) is 1.68. The van der Waals surface area contributed by atoms with Gasteiger partial charge < -0.3 is 26.8 Å². The molecule has 0 saturated carbocycles. The van der Waals surface area contributed by atoms with Crippen LogP contribution < -0.4 is 32.9 Å². The molecule has 0 aromatic heterocycles. The number of aromatic hydroxyl groups is 1. The van der Waals surface area contributed by atoms with Crippen LogP contribution in [-0.2, 0) is 10.9 Å². The number of rotatable bonds is 6. The quantitative estimate of drug-likeness (QED) is 0.319. The van der Waals surface area contributed by atoms with Gasteiger partial charge in [0, 0.05) is 0 Å². The van der Waals surface area contributed by atoms with E-state index >= 15 is 0 Å². The van der Waals surface area contributed by atoms with Crippen molar-refractivity contribution in [2.45, 2.75) is 6.16 Å². The minimum absolute atomic E-state index is 0. The molecule has 5 heteroatoms. The van der Waals surface area contributed by atoms with Crippen LogP contribution in [0.4, 0.5) is 0 Å². The second-order valence-electron chi connectivity index (χ2n) is 7.32. The molecule has 0 heterocycles. The molecule has 32 heavy (non-hydrogen) atoms. The molecule has 4 aromatic carbocycles. The molecule has 0 spiro atoms. The number of halogens is 1. The van der Waals surface area contributed by atoms with Crippen molar-refractivity contribution in [3.8, 4) is 5.75 Å². The average Bonchev–Trinajstić information content (AvgIpc) is 2.84. The topological polar surface area (TPSA) is 46.5 Å². The van der Waals surface area contributed by atoms with Crippen molar-refractivity contribution in [1.82, 2.24) is 0 Å². The maximum absolute atomic E-state index is 11.9. The second kappa shape index (κ2) is 10.6. The molecule has 0 bridgehead atoms. The molecule has 4 rings (SSSR count). The van der Waals surface area contributed by atoms with E-state index in [0.29, 0.717) is 0 Å². The van der Waals surface area contributed by atoms with Crippen LogP contribution in [0.1, 0.15) is 15.9 Å². The van der Waals surface area contributed by atoms with Gasteiger partial charge in [0.05, 0.1) is 13.3 Å². The summed E-state index contributed by atoms with van der Waals surface area (Å²) in [5.74, 6) is -0.601. The summed E-state index contributed by atoms with van der Waals surface area (Å²) in [4.78, 5) is 11.9. The Morgan fingerprint density at radius 1 is 0.750 bits per heavy atom. The third-order valence-corrected chi connectivity index (χ3v) is 9.86. The van der Waals surface area contributed by atoms with Crippen LogP contribution >= 0.6 is 7.26 Å². The molecule has 0 radical (unpaired) electrons. The monoisotopic (exact) mass is 506 g/mol. The molecule has 4 aromatic rings. The van der Waals surface area contributed by atoms with Crippen LogP contribution in [0.5, 0.6) is 5.75 Å². The fourth-order valence-electron chi connectivity index (χ4n) is 4.00. The Hall–Kier alpha value is -2.94. The Kier molecular flexibility index (Phi) is 7.84. The number of hydrogen-bond acceptors (Lipinski definition) is 3. The highest BCUT2D eigenvalue weighted by atomic mass is 79.9. The lowest BCUT2D eigenvalue weighted by atomic mass is 10.1. The van der Waals surface area contributed by atoms with Gasteiger partial charge in [0.15, 0.2) is 0 Å². The Bertz CT molecular complexity index is 1070. The van der Waals surface area contributed by atoms with Gasteiger partial charge >= 0.3 is 5.97 Å². The zero-order valence-electron chi connectivity index (χ0n) is 17.7. The summed E-state index contributed by atoms with van der Waals surface area (Å²) in [6, 6.07) is 37.0. The fraction of sp³-hybridized carbons (Fsp3) is 0.0741. The summed E-state index contributed by atoms with van der Waals surface area (Å²) in [7, 11) is -0.756. The summed E-state index contributed by atoms with van der Waals surface area (Å²) in [6.07, 6.45) is 0.722. The van der Waals surface area contributed by atoms with Crippen LogP contribution in [0.2, 0.25) is 0 Å². The number of ether oxygens (including phenoxy) is 1.